The van der Waals surface area contributed by atoms with Crippen LogP contribution in [0.25, 0.3) is 5.69 Å². The summed E-state index contributed by atoms with van der Waals surface area (Å²) in [7, 11) is 0. The van der Waals surface area contributed by atoms with Crippen LogP contribution < -0.4 is 5.32 Å². The van der Waals surface area contributed by atoms with Gasteiger partial charge in [0, 0.05) is 44.3 Å². The molecule has 0 bridgehead atoms. The zero-order chi connectivity index (χ0) is 19.3. The molecule has 0 unspecified atom stereocenters. The molecule has 3 heterocycles. The van der Waals surface area contributed by atoms with Crippen molar-refractivity contribution in [2.24, 2.45) is 5.92 Å². The summed E-state index contributed by atoms with van der Waals surface area (Å²) in [5.41, 5.74) is 1.62. The summed E-state index contributed by atoms with van der Waals surface area (Å²) < 4.78 is 7.07. The molecule has 28 heavy (non-hydrogen) atoms. The van der Waals surface area contributed by atoms with Gasteiger partial charge in [-0.25, -0.2) is 9.48 Å². The Balaban J connectivity index is 1.38. The highest BCUT2D eigenvalue weighted by Crippen LogP contribution is 2.21. The van der Waals surface area contributed by atoms with E-state index in [-0.39, 0.29) is 17.9 Å². The third-order valence-electron chi connectivity index (χ3n) is 5.23. The smallest absolute Gasteiger partial charge is 0.320 e. The Morgan fingerprint density at radius 2 is 1.96 bits per heavy atom. The molecule has 1 atom stereocenters. The maximum atomic E-state index is 12.8. The molecule has 0 spiro atoms. The van der Waals surface area contributed by atoms with Crippen molar-refractivity contribution in [3.63, 3.8) is 0 Å². The van der Waals surface area contributed by atoms with Gasteiger partial charge in [-0.15, -0.1) is 0 Å². The van der Waals surface area contributed by atoms with E-state index in [4.69, 9.17) is 4.74 Å². The lowest BCUT2D eigenvalue weighted by Crippen LogP contribution is -2.52. The van der Waals surface area contributed by atoms with Crippen LogP contribution in [0.4, 0.5) is 10.5 Å². The number of hydrogen-bond acceptors (Lipinski definition) is 4. The number of carbonyl (C=O) groups excluding carboxylic acids is 2. The van der Waals surface area contributed by atoms with Crippen molar-refractivity contribution in [3.8, 4) is 5.69 Å². The number of likely N-dealkylation sites (tertiary alicyclic amines) is 1. The van der Waals surface area contributed by atoms with Crippen LogP contribution in [-0.4, -0.2) is 70.9 Å². The van der Waals surface area contributed by atoms with Gasteiger partial charge in [-0.3, -0.25) is 4.79 Å². The van der Waals surface area contributed by atoms with Crippen molar-refractivity contribution in [1.82, 2.24) is 19.6 Å². The number of piperidine rings is 1. The molecule has 0 aliphatic carbocycles. The minimum absolute atomic E-state index is 0.0153. The Hall–Kier alpha value is -2.87. The molecule has 2 fully saturated rings. The molecule has 2 saturated heterocycles. The second kappa shape index (κ2) is 8.43. The van der Waals surface area contributed by atoms with Crippen molar-refractivity contribution in [2.45, 2.75) is 12.8 Å². The normalized spacial score (nSPS) is 20.1. The predicted octanol–water partition coefficient (Wildman–Crippen LogP) is 1.97. The third kappa shape index (κ3) is 4.17. The molecule has 1 N–H and O–H groups in total. The first-order valence-corrected chi connectivity index (χ1v) is 9.73. The minimum atomic E-state index is -0.202. The summed E-state index contributed by atoms with van der Waals surface area (Å²) >= 11 is 0. The fourth-order valence-corrected chi connectivity index (χ4v) is 3.71. The number of anilines is 1. The molecule has 0 saturated carbocycles. The van der Waals surface area contributed by atoms with Crippen LogP contribution in [0.5, 0.6) is 0 Å². The average Bonchev–Trinajstić information content (AvgIpc) is 3.29. The summed E-state index contributed by atoms with van der Waals surface area (Å²) in [4.78, 5) is 29.1. The van der Waals surface area contributed by atoms with Gasteiger partial charge < -0.3 is 19.9 Å². The van der Waals surface area contributed by atoms with Crippen molar-refractivity contribution < 1.29 is 14.3 Å². The second-order valence-corrected chi connectivity index (χ2v) is 7.16. The minimum Gasteiger partial charge on any atom is -0.378 e. The zero-order valence-electron chi connectivity index (χ0n) is 15.8. The number of aromatic nitrogens is 2. The van der Waals surface area contributed by atoms with Crippen LogP contribution >= 0.6 is 0 Å². The summed E-state index contributed by atoms with van der Waals surface area (Å²) in [5.74, 6) is -0.246. The van der Waals surface area contributed by atoms with E-state index < -0.39 is 0 Å². The molecule has 8 nitrogen and oxygen atoms in total. The van der Waals surface area contributed by atoms with Gasteiger partial charge in [0.1, 0.15) is 0 Å². The standard InChI is InChI=1S/C20H25N5O3/c26-19(22-17-5-1-6-18(14-17)25-9-3-7-21-25)16-4-2-8-24(15-16)20(27)23-10-12-28-13-11-23/h1,3,5-7,9,14,16H,2,4,8,10-13,15H2,(H,22,26)/t16-/m0/s1. The quantitative estimate of drug-likeness (QED) is 0.879. The van der Waals surface area contributed by atoms with Gasteiger partial charge in [-0.05, 0) is 37.1 Å². The Kier molecular flexibility index (Phi) is 5.57. The van der Waals surface area contributed by atoms with E-state index in [0.717, 1.165) is 24.2 Å². The Labute approximate surface area is 164 Å². The van der Waals surface area contributed by atoms with Crippen LogP contribution in [0, 0.1) is 5.92 Å². The highest BCUT2D eigenvalue weighted by atomic mass is 16.5. The Bertz CT molecular complexity index is 817. The Morgan fingerprint density at radius 1 is 1.11 bits per heavy atom. The number of nitrogens with zero attached hydrogens (tertiary/aromatic N) is 4. The lowest BCUT2D eigenvalue weighted by Gasteiger charge is -2.37. The lowest BCUT2D eigenvalue weighted by atomic mass is 9.97. The molecule has 2 aliphatic heterocycles. The van der Waals surface area contributed by atoms with Gasteiger partial charge in [0.2, 0.25) is 5.91 Å². The number of ether oxygens (including phenoxy) is 1. The lowest BCUT2D eigenvalue weighted by molar-refractivity contribution is -0.121. The van der Waals surface area contributed by atoms with Crippen LogP contribution in [0.1, 0.15) is 12.8 Å². The predicted molar refractivity (Wildman–Crippen MR) is 104 cm³/mol. The number of carbonyl (C=O) groups is 2. The first-order chi connectivity index (χ1) is 13.7. The van der Waals surface area contributed by atoms with Gasteiger partial charge in [-0.1, -0.05) is 6.07 Å². The number of morpholine rings is 1. The summed E-state index contributed by atoms with van der Waals surface area (Å²) in [6, 6.07) is 9.46. The number of urea groups is 1. The molecule has 8 heteroatoms. The number of benzene rings is 1. The van der Waals surface area contributed by atoms with Crippen LogP contribution in [0.3, 0.4) is 0 Å². The zero-order valence-corrected chi connectivity index (χ0v) is 15.8. The highest BCUT2D eigenvalue weighted by molar-refractivity contribution is 5.93. The fraction of sp³-hybridized carbons (Fsp3) is 0.450. The van der Waals surface area contributed by atoms with Crippen LogP contribution in [-0.2, 0) is 9.53 Å². The highest BCUT2D eigenvalue weighted by Gasteiger charge is 2.31. The molecular weight excluding hydrogens is 358 g/mol. The van der Waals surface area contributed by atoms with E-state index in [0.29, 0.717) is 39.4 Å². The largest absolute Gasteiger partial charge is 0.378 e. The topological polar surface area (TPSA) is 79.7 Å². The first-order valence-electron chi connectivity index (χ1n) is 9.73. The van der Waals surface area contributed by atoms with E-state index in [1.54, 1.807) is 15.8 Å². The third-order valence-corrected chi connectivity index (χ3v) is 5.23. The van der Waals surface area contributed by atoms with Gasteiger partial charge in [0.05, 0.1) is 24.8 Å². The number of hydrogen-bond donors (Lipinski definition) is 1. The molecular formula is C20H25N5O3. The summed E-state index contributed by atoms with van der Waals surface area (Å²) in [5, 5.41) is 7.22. The van der Waals surface area contributed by atoms with Crippen molar-refractivity contribution in [3.05, 3.63) is 42.7 Å². The van der Waals surface area contributed by atoms with E-state index >= 15 is 0 Å². The van der Waals surface area contributed by atoms with E-state index in [9.17, 15) is 9.59 Å². The molecule has 4 rings (SSSR count). The van der Waals surface area contributed by atoms with Crippen LogP contribution in [0.2, 0.25) is 0 Å². The molecule has 0 radical (unpaired) electrons. The Morgan fingerprint density at radius 3 is 2.75 bits per heavy atom. The van der Waals surface area contributed by atoms with E-state index in [1.807, 2.05) is 41.4 Å². The molecule has 3 amide bonds. The van der Waals surface area contributed by atoms with Gasteiger partial charge >= 0.3 is 6.03 Å². The monoisotopic (exact) mass is 383 g/mol. The molecule has 1 aromatic carbocycles. The molecule has 2 aromatic rings. The summed E-state index contributed by atoms with van der Waals surface area (Å²) in [6.45, 7) is 3.56. The van der Waals surface area contributed by atoms with Crippen molar-refractivity contribution >= 4 is 17.6 Å². The van der Waals surface area contributed by atoms with Gasteiger partial charge in [-0.2, -0.15) is 5.10 Å². The maximum Gasteiger partial charge on any atom is 0.320 e. The maximum absolute atomic E-state index is 12.8. The van der Waals surface area contributed by atoms with E-state index in [2.05, 4.69) is 10.4 Å². The molecule has 2 aliphatic rings. The number of rotatable bonds is 3. The molecule has 148 valence electrons. The van der Waals surface area contributed by atoms with Gasteiger partial charge in [0.15, 0.2) is 0 Å². The van der Waals surface area contributed by atoms with Crippen molar-refractivity contribution in [1.29, 1.82) is 0 Å². The van der Waals surface area contributed by atoms with Gasteiger partial charge in [0.25, 0.3) is 0 Å². The molecule has 1 aromatic heterocycles. The first kappa shape index (κ1) is 18.5. The SMILES string of the molecule is O=C(Nc1cccc(-n2cccn2)c1)[C@H]1CCCN(C(=O)N2CCOCC2)C1. The number of amides is 3. The average molecular weight is 383 g/mol. The second-order valence-electron chi connectivity index (χ2n) is 7.16. The summed E-state index contributed by atoms with van der Waals surface area (Å²) in [6.07, 6.45) is 5.20. The fourth-order valence-electron chi connectivity index (χ4n) is 3.71. The van der Waals surface area contributed by atoms with E-state index in [1.165, 1.54) is 0 Å². The van der Waals surface area contributed by atoms with Crippen molar-refractivity contribution in [2.75, 3.05) is 44.7 Å². The van der Waals surface area contributed by atoms with Crippen LogP contribution in [0.15, 0.2) is 42.7 Å². The number of nitrogens with one attached hydrogen (secondary N) is 1.